The summed E-state index contributed by atoms with van der Waals surface area (Å²) in [6, 6.07) is 16.7. The first-order valence-corrected chi connectivity index (χ1v) is 9.07. The average molecular weight is 380 g/mol. The number of hydrogen-bond donors (Lipinski definition) is 0. The van der Waals surface area contributed by atoms with Crippen molar-refractivity contribution in [2.24, 2.45) is 0 Å². The van der Waals surface area contributed by atoms with Gasteiger partial charge in [-0.3, -0.25) is 9.36 Å². The summed E-state index contributed by atoms with van der Waals surface area (Å²) >= 11 is 5.94. The largest absolute Gasteiger partial charge is 0.496 e. The lowest BCUT2D eigenvalue weighted by Gasteiger charge is -2.11. The summed E-state index contributed by atoms with van der Waals surface area (Å²) in [7, 11) is 1.64. The van der Waals surface area contributed by atoms with Crippen LogP contribution in [-0.2, 0) is 6.42 Å². The Balaban J connectivity index is 1.83. The van der Waals surface area contributed by atoms with Gasteiger partial charge in [0.1, 0.15) is 17.1 Å². The summed E-state index contributed by atoms with van der Waals surface area (Å²) in [6.07, 6.45) is 2.59. The highest BCUT2D eigenvalue weighted by Gasteiger charge is 2.13. The molecular weight excluding hydrogens is 362 g/mol. The minimum absolute atomic E-state index is 0.136. The predicted octanol–water partition coefficient (Wildman–Crippen LogP) is 5.48. The van der Waals surface area contributed by atoms with Crippen LogP contribution in [0.4, 0.5) is 0 Å². The van der Waals surface area contributed by atoms with Crippen molar-refractivity contribution in [3.8, 4) is 22.8 Å². The number of pyridine rings is 1. The van der Waals surface area contributed by atoms with E-state index in [1.54, 1.807) is 42.1 Å². The van der Waals surface area contributed by atoms with Crippen molar-refractivity contribution in [2.45, 2.75) is 13.3 Å². The maximum atomic E-state index is 13.0. The molecule has 0 aliphatic heterocycles. The van der Waals surface area contributed by atoms with E-state index in [9.17, 15) is 4.79 Å². The number of rotatable bonds is 4. The summed E-state index contributed by atoms with van der Waals surface area (Å²) in [4.78, 5) is 13.0. The maximum Gasteiger partial charge on any atom is 0.266 e. The molecule has 2 aromatic carbocycles. The SMILES string of the molecule is CCc1ccc(-n2ccc3oc(-c4ccc(Cl)cc4)cc3c2=O)cc1OC. The quantitative estimate of drug-likeness (QED) is 0.472. The van der Waals surface area contributed by atoms with Crippen molar-refractivity contribution in [1.29, 1.82) is 0 Å². The number of aryl methyl sites for hydroxylation is 1. The van der Waals surface area contributed by atoms with Crippen molar-refractivity contribution in [1.82, 2.24) is 4.57 Å². The van der Waals surface area contributed by atoms with Gasteiger partial charge in [0, 0.05) is 22.8 Å². The van der Waals surface area contributed by atoms with E-state index in [-0.39, 0.29) is 5.56 Å². The molecule has 0 saturated heterocycles. The number of methoxy groups -OCH3 is 1. The molecule has 4 aromatic rings. The van der Waals surface area contributed by atoms with Crippen molar-refractivity contribution in [2.75, 3.05) is 7.11 Å². The molecular formula is C22H18ClNO3. The van der Waals surface area contributed by atoms with E-state index < -0.39 is 0 Å². The number of fused-ring (bicyclic) bond motifs is 1. The van der Waals surface area contributed by atoms with Gasteiger partial charge in [-0.2, -0.15) is 0 Å². The van der Waals surface area contributed by atoms with Gasteiger partial charge < -0.3 is 9.15 Å². The number of ether oxygens (including phenoxy) is 1. The minimum Gasteiger partial charge on any atom is -0.496 e. The molecule has 4 rings (SSSR count). The summed E-state index contributed by atoms with van der Waals surface area (Å²) < 4.78 is 12.9. The number of halogens is 1. The fourth-order valence-electron chi connectivity index (χ4n) is 3.17. The predicted molar refractivity (Wildman–Crippen MR) is 108 cm³/mol. The van der Waals surface area contributed by atoms with E-state index in [4.69, 9.17) is 20.8 Å². The van der Waals surface area contributed by atoms with Gasteiger partial charge in [-0.15, -0.1) is 0 Å². The van der Waals surface area contributed by atoms with Crippen molar-refractivity contribution in [3.63, 3.8) is 0 Å². The van der Waals surface area contributed by atoms with Gasteiger partial charge in [-0.1, -0.05) is 24.6 Å². The lowest BCUT2D eigenvalue weighted by Crippen LogP contribution is -2.17. The van der Waals surface area contributed by atoms with Crippen molar-refractivity contribution >= 4 is 22.6 Å². The molecule has 0 amide bonds. The molecule has 0 radical (unpaired) electrons. The highest BCUT2D eigenvalue weighted by atomic mass is 35.5. The van der Waals surface area contributed by atoms with Gasteiger partial charge in [0.05, 0.1) is 18.2 Å². The molecule has 0 aliphatic rings. The van der Waals surface area contributed by atoms with E-state index in [1.807, 2.05) is 30.3 Å². The molecule has 2 aromatic heterocycles. The van der Waals surface area contributed by atoms with Crippen LogP contribution in [0.5, 0.6) is 5.75 Å². The second-order valence-corrected chi connectivity index (χ2v) is 6.67. The Kier molecular flexibility index (Phi) is 4.50. The van der Waals surface area contributed by atoms with Crippen LogP contribution in [0.1, 0.15) is 12.5 Å². The highest BCUT2D eigenvalue weighted by molar-refractivity contribution is 6.30. The first-order valence-electron chi connectivity index (χ1n) is 8.69. The Hall–Kier alpha value is -2.98. The summed E-state index contributed by atoms with van der Waals surface area (Å²) in [6.45, 7) is 2.07. The normalized spacial score (nSPS) is 11.1. The average Bonchev–Trinajstić information content (AvgIpc) is 3.13. The third-order valence-electron chi connectivity index (χ3n) is 4.64. The van der Waals surface area contributed by atoms with Crippen LogP contribution in [0.15, 0.2) is 70.0 Å². The number of nitrogens with zero attached hydrogens (tertiary/aromatic N) is 1. The molecule has 2 heterocycles. The second-order valence-electron chi connectivity index (χ2n) is 6.24. The Morgan fingerprint density at radius 1 is 1.07 bits per heavy atom. The summed E-state index contributed by atoms with van der Waals surface area (Å²) in [5.41, 5.74) is 3.14. The fraction of sp³-hybridized carbons (Fsp3) is 0.136. The van der Waals surface area contributed by atoms with Crippen molar-refractivity contribution in [3.05, 3.63) is 81.7 Å². The minimum atomic E-state index is -0.136. The maximum absolute atomic E-state index is 13.0. The second kappa shape index (κ2) is 6.97. The molecule has 27 heavy (non-hydrogen) atoms. The molecule has 0 bridgehead atoms. The number of furan rings is 1. The van der Waals surface area contributed by atoms with Gasteiger partial charge >= 0.3 is 0 Å². The first-order chi connectivity index (χ1) is 13.1. The molecule has 0 saturated carbocycles. The van der Waals surface area contributed by atoms with E-state index in [0.717, 1.165) is 29.0 Å². The Morgan fingerprint density at radius 2 is 1.85 bits per heavy atom. The third kappa shape index (κ3) is 3.13. The van der Waals surface area contributed by atoms with Crippen LogP contribution in [0.25, 0.3) is 28.0 Å². The molecule has 0 atom stereocenters. The van der Waals surface area contributed by atoms with Gasteiger partial charge in [0.15, 0.2) is 0 Å². The van der Waals surface area contributed by atoms with Crippen LogP contribution >= 0.6 is 11.6 Å². The zero-order chi connectivity index (χ0) is 19.0. The van der Waals surface area contributed by atoms with Crippen LogP contribution in [0.2, 0.25) is 5.02 Å². The third-order valence-corrected chi connectivity index (χ3v) is 4.90. The lowest BCUT2D eigenvalue weighted by molar-refractivity contribution is 0.410. The zero-order valence-electron chi connectivity index (χ0n) is 15.0. The van der Waals surface area contributed by atoms with E-state index in [2.05, 4.69) is 6.92 Å². The van der Waals surface area contributed by atoms with Gasteiger partial charge in [0.25, 0.3) is 5.56 Å². The van der Waals surface area contributed by atoms with Gasteiger partial charge in [-0.05, 0) is 54.4 Å². The molecule has 0 fully saturated rings. The van der Waals surface area contributed by atoms with E-state index >= 15 is 0 Å². The number of aromatic nitrogens is 1. The van der Waals surface area contributed by atoms with Crippen molar-refractivity contribution < 1.29 is 9.15 Å². The van der Waals surface area contributed by atoms with Crippen LogP contribution in [0, 0.1) is 0 Å². The van der Waals surface area contributed by atoms with E-state index in [1.165, 1.54) is 0 Å². The lowest BCUT2D eigenvalue weighted by atomic mass is 10.1. The Morgan fingerprint density at radius 3 is 2.56 bits per heavy atom. The van der Waals surface area contributed by atoms with Crippen LogP contribution < -0.4 is 10.3 Å². The van der Waals surface area contributed by atoms with Crippen LogP contribution in [-0.4, -0.2) is 11.7 Å². The fourth-order valence-corrected chi connectivity index (χ4v) is 3.30. The molecule has 4 nitrogen and oxygen atoms in total. The smallest absolute Gasteiger partial charge is 0.266 e. The Bertz CT molecular complexity index is 1170. The summed E-state index contributed by atoms with van der Waals surface area (Å²) in [5.74, 6) is 1.41. The standard InChI is InChI=1S/C22H18ClNO3/c1-3-14-6-9-17(12-20(14)26-2)24-11-10-19-18(22(24)25)13-21(27-19)15-4-7-16(23)8-5-15/h4-13H,3H2,1-2H3. The Labute approximate surface area is 161 Å². The molecule has 5 heteroatoms. The molecule has 136 valence electrons. The number of hydrogen-bond acceptors (Lipinski definition) is 3. The zero-order valence-corrected chi connectivity index (χ0v) is 15.8. The van der Waals surface area contributed by atoms with Gasteiger partial charge in [-0.25, -0.2) is 0 Å². The monoisotopic (exact) mass is 379 g/mol. The first kappa shape index (κ1) is 17.4. The summed E-state index contributed by atoms with van der Waals surface area (Å²) in [5, 5.41) is 1.18. The topological polar surface area (TPSA) is 44.4 Å². The highest BCUT2D eigenvalue weighted by Crippen LogP contribution is 2.28. The van der Waals surface area contributed by atoms with Gasteiger partial charge in [0.2, 0.25) is 0 Å². The molecule has 0 N–H and O–H groups in total. The van der Waals surface area contributed by atoms with Crippen LogP contribution in [0.3, 0.4) is 0 Å². The number of benzene rings is 2. The molecule has 0 spiro atoms. The molecule has 0 aliphatic carbocycles. The van der Waals surface area contributed by atoms with E-state index in [0.29, 0.717) is 21.8 Å². The molecule has 0 unspecified atom stereocenters.